The molecular weight excluding hydrogens is 448 g/mol. The van der Waals surface area contributed by atoms with E-state index in [9.17, 15) is 15.8 Å². The van der Waals surface area contributed by atoms with Crippen molar-refractivity contribution in [1.29, 1.82) is 21.2 Å². The molecular formula is C26H24N4O5. The third-order valence-electron chi connectivity index (χ3n) is 7.03. The molecule has 35 heavy (non-hydrogen) atoms. The van der Waals surface area contributed by atoms with E-state index in [-0.39, 0.29) is 11.5 Å². The lowest BCUT2D eigenvalue weighted by Gasteiger charge is -2.49. The molecule has 2 fully saturated rings. The van der Waals surface area contributed by atoms with E-state index < -0.39 is 34.5 Å². The molecule has 0 aliphatic carbocycles. The second kappa shape index (κ2) is 8.51. The zero-order chi connectivity index (χ0) is 25.4. The topological polar surface area (TPSA) is 141 Å². The molecule has 0 amide bonds. The van der Waals surface area contributed by atoms with Crippen molar-refractivity contribution in [1.82, 2.24) is 0 Å². The van der Waals surface area contributed by atoms with Crippen molar-refractivity contribution in [3.63, 3.8) is 0 Å². The van der Waals surface area contributed by atoms with Crippen LogP contribution in [-0.2, 0) is 15.3 Å². The Labute approximate surface area is 203 Å². The van der Waals surface area contributed by atoms with Gasteiger partial charge < -0.3 is 23.7 Å². The van der Waals surface area contributed by atoms with Gasteiger partial charge in [-0.2, -0.15) is 15.8 Å². The molecule has 1 N–H and O–H groups in total. The highest BCUT2D eigenvalue weighted by Gasteiger charge is 2.80. The summed E-state index contributed by atoms with van der Waals surface area (Å²) in [5, 5.41) is 40.4. The largest absolute Gasteiger partial charge is 0.493 e. The van der Waals surface area contributed by atoms with Crippen molar-refractivity contribution in [2.24, 2.45) is 16.7 Å². The first-order valence-corrected chi connectivity index (χ1v) is 10.9. The van der Waals surface area contributed by atoms with Crippen LogP contribution < -0.4 is 14.2 Å². The first kappa shape index (κ1) is 23.9. The van der Waals surface area contributed by atoms with E-state index >= 15 is 0 Å². The highest BCUT2D eigenvalue weighted by Crippen LogP contribution is 2.70. The minimum Gasteiger partial charge on any atom is -0.493 e. The molecule has 2 heterocycles. The van der Waals surface area contributed by atoms with E-state index in [1.165, 1.54) is 21.3 Å². The third-order valence-corrected chi connectivity index (χ3v) is 7.03. The van der Waals surface area contributed by atoms with Crippen LogP contribution in [0.4, 0.5) is 0 Å². The summed E-state index contributed by atoms with van der Waals surface area (Å²) in [5.41, 5.74) is -3.19. The average Bonchev–Trinajstić information content (AvgIpc) is 3.11. The molecule has 4 rings (SSSR count). The first-order valence-electron chi connectivity index (χ1n) is 10.9. The highest BCUT2D eigenvalue weighted by molar-refractivity contribution is 5.89. The van der Waals surface area contributed by atoms with E-state index in [1.807, 2.05) is 13.0 Å². The summed E-state index contributed by atoms with van der Waals surface area (Å²) in [4.78, 5) is 0. The summed E-state index contributed by atoms with van der Waals surface area (Å²) in [6.07, 6.45) is -1.02. The number of rotatable bonds is 6. The number of benzene rings is 2. The van der Waals surface area contributed by atoms with E-state index in [2.05, 4.69) is 18.2 Å². The predicted molar refractivity (Wildman–Crippen MR) is 122 cm³/mol. The van der Waals surface area contributed by atoms with Gasteiger partial charge in [0.1, 0.15) is 6.10 Å². The summed E-state index contributed by atoms with van der Waals surface area (Å²) < 4.78 is 29.2. The van der Waals surface area contributed by atoms with Gasteiger partial charge in [0, 0.05) is 11.1 Å². The summed E-state index contributed by atoms with van der Waals surface area (Å²) >= 11 is 0. The van der Waals surface area contributed by atoms with Gasteiger partial charge >= 0.3 is 0 Å². The van der Waals surface area contributed by atoms with Crippen LogP contribution in [-0.4, -0.2) is 27.2 Å². The van der Waals surface area contributed by atoms with Crippen LogP contribution in [0.3, 0.4) is 0 Å². The molecule has 0 spiro atoms. The fraction of sp³-hybridized carbons (Fsp3) is 0.385. The van der Waals surface area contributed by atoms with Crippen molar-refractivity contribution < 1.29 is 23.7 Å². The predicted octanol–water partition coefficient (Wildman–Crippen LogP) is 4.21. The molecule has 178 valence electrons. The minimum atomic E-state index is -2.14. The number of fused-ring (bicyclic) bond motifs is 2. The number of nitriles is 3. The Morgan fingerprint density at radius 1 is 0.914 bits per heavy atom. The molecule has 0 radical (unpaired) electrons. The Morgan fingerprint density at radius 2 is 1.57 bits per heavy atom. The van der Waals surface area contributed by atoms with Gasteiger partial charge in [-0.05, 0) is 18.6 Å². The standard InChI is InChI=1S/C26H24N4O5/c1-5-19-25(15-29)23(30)35-26(19,16-9-7-6-8-10-16)34-22(24(25,13-27)14-28)17-11-12-18(31-2)21(33-4)20(17)32-3/h6-12,19,22,30H,5H2,1-4H3. The third kappa shape index (κ3) is 2.78. The number of nitrogens with one attached hydrogen (secondary N) is 1. The maximum absolute atomic E-state index is 10.6. The van der Waals surface area contributed by atoms with Crippen LogP contribution >= 0.6 is 0 Å². The Hall–Kier alpha value is -4.26. The normalized spacial score (nSPS) is 28.1. The van der Waals surface area contributed by atoms with Crippen LogP contribution in [0.15, 0.2) is 42.5 Å². The summed E-state index contributed by atoms with van der Waals surface area (Å²) in [5.74, 6) is -2.07. The molecule has 0 aromatic heterocycles. The molecule has 2 aliphatic heterocycles. The summed E-state index contributed by atoms with van der Waals surface area (Å²) in [7, 11) is 4.32. The lowest BCUT2D eigenvalue weighted by atomic mass is 9.52. The Bertz CT molecular complexity index is 1280. The zero-order valence-electron chi connectivity index (χ0n) is 19.8. The van der Waals surface area contributed by atoms with Crippen LogP contribution in [0.1, 0.15) is 30.6 Å². The van der Waals surface area contributed by atoms with Gasteiger partial charge in [0.25, 0.3) is 0 Å². The Balaban J connectivity index is 2.11. The molecule has 2 aliphatic rings. The van der Waals surface area contributed by atoms with Crippen molar-refractivity contribution in [3.8, 4) is 35.5 Å². The molecule has 9 heteroatoms. The second-order valence-electron chi connectivity index (χ2n) is 8.30. The van der Waals surface area contributed by atoms with Gasteiger partial charge in [0.2, 0.25) is 22.8 Å². The molecule has 9 nitrogen and oxygen atoms in total. The molecule has 2 aromatic rings. The maximum atomic E-state index is 10.6. The van der Waals surface area contributed by atoms with E-state index in [1.54, 1.807) is 36.4 Å². The maximum Gasteiger partial charge on any atom is 0.244 e. The lowest BCUT2D eigenvalue weighted by molar-refractivity contribution is -0.293. The Morgan fingerprint density at radius 3 is 2.09 bits per heavy atom. The number of methoxy groups -OCH3 is 3. The minimum absolute atomic E-state index is 0.184. The summed E-state index contributed by atoms with van der Waals surface area (Å²) in [6, 6.07) is 18.5. The second-order valence-corrected chi connectivity index (χ2v) is 8.30. The monoisotopic (exact) mass is 472 g/mol. The van der Waals surface area contributed by atoms with E-state index in [0.717, 1.165) is 0 Å². The number of ether oxygens (including phenoxy) is 5. The SMILES string of the molecule is CCC1C2(c3ccccc3)OC(=N)C1(C#N)C(C#N)(C#N)C(c1ccc(OC)c(OC)c1OC)O2. The van der Waals surface area contributed by atoms with Crippen LogP contribution in [0.2, 0.25) is 0 Å². The Kier molecular flexibility index (Phi) is 5.80. The van der Waals surface area contributed by atoms with Gasteiger partial charge in [-0.25, -0.2) is 0 Å². The van der Waals surface area contributed by atoms with Crippen LogP contribution in [0.25, 0.3) is 0 Å². The van der Waals surface area contributed by atoms with Gasteiger partial charge in [0.05, 0.1) is 45.5 Å². The number of hydrogen-bond donors (Lipinski definition) is 1. The quantitative estimate of drug-likeness (QED) is 0.659. The van der Waals surface area contributed by atoms with Crippen molar-refractivity contribution in [2.45, 2.75) is 25.2 Å². The highest BCUT2D eigenvalue weighted by atomic mass is 16.7. The van der Waals surface area contributed by atoms with Gasteiger partial charge in [0.15, 0.2) is 16.9 Å². The van der Waals surface area contributed by atoms with Crippen LogP contribution in [0.5, 0.6) is 17.2 Å². The fourth-order valence-corrected chi connectivity index (χ4v) is 5.51. The van der Waals surface area contributed by atoms with Gasteiger partial charge in [-0.3, -0.25) is 5.41 Å². The fourth-order valence-electron chi connectivity index (χ4n) is 5.51. The smallest absolute Gasteiger partial charge is 0.244 e. The van der Waals surface area contributed by atoms with E-state index in [4.69, 9.17) is 29.1 Å². The average molecular weight is 473 g/mol. The molecule has 0 saturated carbocycles. The van der Waals surface area contributed by atoms with Crippen molar-refractivity contribution in [3.05, 3.63) is 53.6 Å². The molecule has 2 saturated heterocycles. The van der Waals surface area contributed by atoms with E-state index in [0.29, 0.717) is 23.3 Å². The first-order chi connectivity index (χ1) is 16.9. The number of hydrogen-bond acceptors (Lipinski definition) is 9. The lowest BCUT2D eigenvalue weighted by Crippen LogP contribution is -2.58. The zero-order valence-corrected chi connectivity index (χ0v) is 19.8. The number of nitrogens with zero attached hydrogens (tertiary/aromatic N) is 3. The van der Waals surface area contributed by atoms with Gasteiger partial charge in [-0.15, -0.1) is 0 Å². The van der Waals surface area contributed by atoms with Crippen molar-refractivity contribution in [2.75, 3.05) is 21.3 Å². The van der Waals surface area contributed by atoms with Crippen LogP contribution in [0, 0.1) is 56.2 Å². The molecule has 4 unspecified atom stereocenters. The van der Waals surface area contributed by atoms with Crippen molar-refractivity contribution >= 4 is 5.90 Å². The van der Waals surface area contributed by atoms with Gasteiger partial charge in [-0.1, -0.05) is 37.3 Å². The molecule has 2 bridgehead atoms. The molecule has 2 aromatic carbocycles. The summed E-state index contributed by atoms with van der Waals surface area (Å²) in [6.45, 7) is 1.82. The molecule has 4 atom stereocenters.